The van der Waals surface area contributed by atoms with E-state index in [0.717, 1.165) is 0 Å². The first-order valence-corrected chi connectivity index (χ1v) is 4.91. The van der Waals surface area contributed by atoms with Crippen molar-refractivity contribution in [3.8, 4) is 0 Å². The molecule has 0 fully saturated rings. The van der Waals surface area contributed by atoms with E-state index < -0.39 is 5.60 Å². The van der Waals surface area contributed by atoms with Crippen molar-refractivity contribution >= 4 is 0 Å². The SMILES string of the molecule is C=CCO[C@H](C)C(C=C)(C=C)OCC=C. The summed E-state index contributed by atoms with van der Waals surface area (Å²) in [6.45, 7) is 17.5. The van der Waals surface area contributed by atoms with Crippen LogP contribution in [0, 0.1) is 0 Å². The highest BCUT2D eigenvalue weighted by Crippen LogP contribution is 2.22. The Balaban J connectivity index is 4.57. The van der Waals surface area contributed by atoms with Crippen LogP contribution in [0.1, 0.15) is 6.92 Å². The molecular formula is C13H20O2. The van der Waals surface area contributed by atoms with Gasteiger partial charge in [-0.2, -0.15) is 0 Å². The zero-order valence-corrected chi connectivity index (χ0v) is 9.45. The van der Waals surface area contributed by atoms with Crippen molar-refractivity contribution in [1.82, 2.24) is 0 Å². The average Bonchev–Trinajstić information content (AvgIpc) is 2.28. The molecular weight excluding hydrogens is 188 g/mol. The largest absolute Gasteiger partial charge is 0.371 e. The molecule has 0 aromatic carbocycles. The minimum absolute atomic E-state index is 0.162. The molecule has 0 N–H and O–H groups in total. The summed E-state index contributed by atoms with van der Waals surface area (Å²) in [4.78, 5) is 0. The van der Waals surface area contributed by atoms with E-state index >= 15 is 0 Å². The zero-order chi connectivity index (χ0) is 11.7. The van der Waals surface area contributed by atoms with Crippen molar-refractivity contribution in [2.75, 3.05) is 13.2 Å². The number of hydrogen-bond donors (Lipinski definition) is 0. The molecule has 0 bridgehead atoms. The summed E-state index contributed by atoms with van der Waals surface area (Å²) < 4.78 is 11.1. The fourth-order valence-corrected chi connectivity index (χ4v) is 1.20. The van der Waals surface area contributed by atoms with Gasteiger partial charge in [-0.1, -0.05) is 37.5 Å². The Morgan fingerprint density at radius 1 is 1.07 bits per heavy atom. The molecule has 0 aliphatic rings. The van der Waals surface area contributed by atoms with Crippen LogP contribution < -0.4 is 0 Å². The number of hydrogen-bond acceptors (Lipinski definition) is 2. The quantitative estimate of drug-likeness (QED) is 0.542. The summed E-state index contributed by atoms with van der Waals surface area (Å²) in [6.07, 6.45) is 6.60. The van der Waals surface area contributed by atoms with E-state index in [1.54, 1.807) is 24.3 Å². The van der Waals surface area contributed by atoms with E-state index in [0.29, 0.717) is 13.2 Å². The molecule has 0 radical (unpaired) electrons. The lowest BCUT2D eigenvalue weighted by Crippen LogP contribution is -2.41. The normalized spacial score (nSPS) is 12.9. The van der Waals surface area contributed by atoms with Gasteiger partial charge in [0.15, 0.2) is 0 Å². The Morgan fingerprint density at radius 2 is 1.60 bits per heavy atom. The van der Waals surface area contributed by atoms with Gasteiger partial charge in [0.1, 0.15) is 5.60 Å². The summed E-state index contributed by atoms with van der Waals surface area (Å²) >= 11 is 0. The van der Waals surface area contributed by atoms with Gasteiger partial charge in [0, 0.05) is 0 Å². The Labute approximate surface area is 92.6 Å². The van der Waals surface area contributed by atoms with Crippen LogP contribution in [0.4, 0.5) is 0 Å². The standard InChI is InChI=1S/C13H20O2/c1-6-10-14-12(5)13(8-3,9-4)15-11-7-2/h6-9,12H,1-4,10-11H2,5H3/t12-/m1/s1. The van der Waals surface area contributed by atoms with Crippen LogP contribution >= 0.6 is 0 Å². The lowest BCUT2D eigenvalue weighted by atomic mass is 9.97. The molecule has 0 aromatic rings. The van der Waals surface area contributed by atoms with Crippen molar-refractivity contribution in [3.63, 3.8) is 0 Å². The molecule has 0 unspecified atom stereocenters. The van der Waals surface area contributed by atoms with E-state index in [1.807, 2.05) is 6.92 Å². The molecule has 0 aromatic heterocycles. The first-order chi connectivity index (χ1) is 7.16. The molecule has 0 heterocycles. The monoisotopic (exact) mass is 208 g/mol. The van der Waals surface area contributed by atoms with Crippen LogP contribution in [0.15, 0.2) is 50.6 Å². The maximum Gasteiger partial charge on any atom is 0.130 e. The molecule has 0 spiro atoms. The molecule has 2 heteroatoms. The van der Waals surface area contributed by atoms with Crippen molar-refractivity contribution in [2.45, 2.75) is 18.6 Å². The lowest BCUT2D eigenvalue weighted by molar-refractivity contribution is -0.0703. The first kappa shape index (κ1) is 13.9. The molecule has 2 nitrogen and oxygen atoms in total. The fourth-order valence-electron chi connectivity index (χ4n) is 1.20. The molecule has 0 saturated heterocycles. The molecule has 0 aliphatic carbocycles. The number of ether oxygens (including phenoxy) is 2. The lowest BCUT2D eigenvalue weighted by Gasteiger charge is -2.32. The third-order valence-electron chi connectivity index (χ3n) is 2.19. The Kier molecular flexibility index (Phi) is 6.67. The van der Waals surface area contributed by atoms with Gasteiger partial charge in [0.25, 0.3) is 0 Å². The van der Waals surface area contributed by atoms with Gasteiger partial charge >= 0.3 is 0 Å². The average molecular weight is 208 g/mol. The highest BCUT2D eigenvalue weighted by molar-refractivity contribution is 5.14. The topological polar surface area (TPSA) is 18.5 Å². The molecule has 0 rings (SSSR count). The summed E-state index contributed by atoms with van der Waals surface area (Å²) in [7, 11) is 0. The van der Waals surface area contributed by atoms with Gasteiger partial charge in [-0.05, 0) is 6.92 Å². The van der Waals surface area contributed by atoms with Crippen LogP contribution in [-0.4, -0.2) is 24.9 Å². The second kappa shape index (κ2) is 7.21. The van der Waals surface area contributed by atoms with Gasteiger partial charge in [-0.15, -0.1) is 13.2 Å². The molecule has 0 saturated carbocycles. The Morgan fingerprint density at radius 3 is 2.00 bits per heavy atom. The van der Waals surface area contributed by atoms with Gasteiger partial charge < -0.3 is 9.47 Å². The Hall–Kier alpha value is -1.12. The van der Waals surface area contributed by atoms with Crippen LogP contribution in [0.3, 0.4) is 0 Å². The number of rotatable bonds is 9. The van der Waals surface area contributed by atoms with E-state index in [1.165, 1.54) is 0 Å². The minimum Gasteiger partial charge on any atom is -0.371 e. The van der Waals surface area contributed by atoms with Crippen LogP contribution in [0.25, 0.3) is 0 Å². The fraction of sp³-hybridized carbons (Fsp3) is 0.385. The Bertz CT molecular complexity index is 223. The van der Waals surface area contributed by atoms with Gasteiger partial charge in [0.2, 0.25) is 0 Å². The third kappa shape index (κ3) is 3.86. The molecule has 0 aliphatic heterocycles. The third-order valence-corrected chi connectivity index (χ3v) is 2.19. The van der Waals surface area contributed by atoms with Gasteiger partial charge in [0.05, 0.1) is 19.3 Å². The maximum absolute atomic E-state index is 5.62. The van der Waals surface area contributed by atoms with Gasteiger partial charge in [-0.3, -0.25) is 0 Å². The van der Waals surface area contributed by atoms with Crippen LogP contribution in [0.5, 0.6) is 0 Å². The van der Waals surface area contributed by atoms with Crippen molar-refractivity contribution < 1.29 is 9.47 Å². The van der Waals surface area contributed by atoms with E-state index in [-0.39, 0.29) is 6.10 Å². The summed E-state index contributed by atoms with van der Waals surface area (Å²) in [5.41, 5.74) is -0.669. The predicted octanol–water partition coefficient (Wildman–Crippen LogP) is 2.89. The van der Waals surface area contributed by atoms with E-state index in [2.05, 4.69) is 26.3 Å². The molecule has 1 atom stereocenters. The highest BCUT2D eigenvalue weighted by atomic mass is 16.5. The second-order valence-corrected chi connectivity index (χ2v) is 3.13. The van der Waals surface area contributed by atoms with Crippen molar-refractivity contribution in [3.05, 3.63) is 50.6 Å². The highest BCUT2D eigenvalue weighted by Gasteiger charge is 2.31. The molecule has 84 valence electrons. The molecule has 0 amide bonds. The van der Waals surface area contributed by atoms with E-state index in [4.69, 9.17) is 9.47 Å². The van der Waals surface area contributed by atoms with Crippen molar-refractivity contribution in [2.24, 2.45) is 0 Å². The van der Waals surface area contributed by atoms with Crippen LogP contribution in [0.2, 0.25) is 0 Å². The first-order valence-electron chi connectivity index (χ1n) is 4.91. The van der Waals surface area contributed by atoms with Gasteiger partial charge in [-0.25, -0.2) is 0 Å². The summed E-state index contributed by atoms with van der Waals surface area (Å²) in [5, 5.41) is 0. The summed E-state index contributed by atoms with van der Waals surface area (Å²) in [5.74, 6) is 0. The van der Waals surface area contributed by atoms with Crippen LogP contribution in [-0.2, 0) is 9.47 Å². The molecule has 15 heavy (non-hydrogen) atoms. The zero-order valence-electron chi connectivity index (χ0n) is 9.45. The minimum atomic E-state index is -0.669. The predicted molar refractivity (Wildman–Crippen MR) is 64.9 cm³/mol. The van der Waals surface area contributed by atoms with Crippen molar-refractivity contribution in [1.29, 1.82) is 0 Å². The summed E-state index contributed by atoms with van der Waals surface area (Å²) in [6, 6.07) is 0. The maximum atomic E-state index is 5.62. The van der Waals surface area contributed by atoms with E-state index in [9.17, 15) is 0 Å². The second-order valence-electron chi connectivity index (χ2n) is 3.13. The smallest absolute Gasteiger partial charge is 0.130 e.